The molecule has 0 aliphatic heterocycles. The number of rotatable bonds is 7. The smallest absolute Gasteiger partial charge is 0.293 e. The average molecular weight is 341 g/mol. The fourth-order valence-corrected chi connectivity index (χ4v) is 2.17. The van der Waals surface area contributed by atoms with Crippen LogP contribution in [0.2, 0.25) is 0 Å². The summed E-state index contributed by atoms with van der Waals surface area (Å²) >= 11 is 0. The third-order valence-electron chi connectivity index (χ3n) is 3.37. The van der Waals surface area contributed by atoms with Crippen LogP contribution >= 0.6 is 0 Å². The molecule has 2 heterocycles. The number of nitrogens with one attached hydrogen (secondary N) is 1. The molecule has 0 atom stereocenters. The summed E-state index contributed by atoms with van der Waals surface area (Å²) in [6, 6.07) is 9.76. The lowest BCUT2D eigenvalue weighted by atomic mass is 10.2. The highest BCUT2D eigenvalue weighted by atomic mass is 16.6. The Hall–Kier alpha value is -3.56. The van der Waals surface area contributed by atoms with Gasteiger partial charge in [0.2, 0.25) is 11.9 Å². The Morgan fingerprint density at radius 1 is 1.24 bits per heavy atom. The lowest BCUT2D eigenvalue weighted by molar-refractivity contribution is -0.385. The highest BCUT2D eigenvalue weighted by molar-refractivity contribution is 5.88. The molecule has 10 heteroatoms. The molecular formula is C15H15N7O3. The van der Waals surface area contributed by atoms with E-state index in [1.165, 1.54) is 10.9 Å². The SMILES string of the molecule is O=C(CCn1cc([N+](=O)[O-])cn1)Nc1ncn(Cc2ccccc2)n1. The maximum absolute atomic E-state index is 11.9. The van der Waals surface area contributed by atoms with Crippen molar-refractivity contribution in [1.82, 2.24) is 24.5 Å². The zero-order valence-electron chi connectivity index (χ0n) is 13.1. The number of nitrogens with zero attached hydrogens (tertiary/aromatic N) is 6. The number of hydrogen-bond donors (Lipinski definition) is 1. The molecule has 3 aromatic rings. The van der Waals surface area contributed by atoms with Crippen LogP contribution in [0.1, 0.15) is 12.0 Å². The first-order valence-electron chi connectivity index (χ1n) is 7.50. The second-order valence-electron chi connectivity index (χ2n) is 5.27. The zero-order chi connectivity index (χ0) is 17.6. The van der Waals surface area contributed by atoms with Crippen LogP contribution in [0.3, 0.4) is 0 Å². The van der Waals surface area contributed by atoms with Crippen LogP contribution in [-0.4, -0.2) is 35.4 Å². The molecule has 1 amide bonds. The number of benzene rings is 1. The van der Waals surface area contributed by atoms with Crippen molar-refractivity contribution in [3.8, 4) is 0 Å². The van der Waals surface area contributed by atoms with Crippen molar-refractivity contribution in [2.75, 3.05) is 5.32 Å². The Balaban J connectivity index is 1.50. The van der Waals surface area contributed by atoms with Crippen molar-refractivity contribution in [2.24, 2.45) is 0 Å². The van der Waals surface area contributed by atoms with Crippen LogP contribution in [0, 0.1) is 10.1 Å². The molecule has 10 nitrogen and oxygen atoms in total. The number of amides is 1. The lowest BCUT2D eigenvalue weighted by Gasteiger charge is -2.02. The van der Waals surface area contributed by atoms with E-state index in [0.717, 1.165) is 11.8 Å². The van der Waals surface area contributed by atoms with Crippen LogP contribution in [0.4, 0.5) is 11.6 Å². The summed E-state index contributed by atoms with van der Waals surface area (Å²) in [6.07, 6.45) is 4.07. The fourth-order valence-electron chi connectivity index (χ4n) is 2.17. The third kappa shape index (κ3) is 4.47. The minimum atomic E-state index is -0.535. The maximum Gasteiger partial charge on any atom is 0.306 e. The van der Waals surface area contributed by atoms with Crippen molar-refractivity contribution in [2.45, 2.75) is 19.5 Å². The average Bonchev–Trinajstić information content (AvgIpc) is 3.23. The molecule has 1 aromatic carbocycles. The van der Waals surface area contributed by atoms with Gasteiger partial charge in [-0.2, -0.15) is 5.10 Å². The van der Waals surface area contributed by atoms with E-state index in [2.05, 4.69) is 20.5 Å². The summed E-state index contributed by atoms with van der Waals surface area (Å²) in [5, 5.41) is 21.2. The van der Waals surface area contributed by atoms with Crippen molar-refractivity contribution in [3.63, 3.8) is 0 Å². The van der Waals surface area contributed by atoms with Gasteiger partial charge in [0, 0.05) is 13.0 Å². The van der Waals surface area contributed by atoms with E-state index in [1.54, 1.807) is 11.0 Å². The molecule has 2 aromatic heterocycles. The van der Waals surface area contributed by atoms with Crippen molar-refractivity contribution in [1.29, 1.82) is 0 Å². The quantitative estimate of drug-likeness (QED) is 0.513. The van der Waals surface area contributed by atoms with Crippen LogP contribution in [0.5, 0.6) is 0 Å². The van der Waals surface area contributed by atoms with Gasteiger partial charge in [-0.1, -0.05) is 30.3 Å². The second-order valence-corrected chi connectivity index (χ2v) is 5.27. The van der Waals surface area contributed by atoms with E-state index in [1.807, 2.05) is 30.3 Å². The van der Waals surface area contributed by atoms with Gasteiger partial charge >= 0.3 is 5.69 Å². The topological polar surface area (TPSA) is 121 Å². The molecule has 128 valence electrons. The van der Waals surface area contributed by atoms with Gasteiger partial charge in [-0.05, 0) is 5.56 Å². The van der Waals surface area contributed by atoms with Gasteiger partial charge in [-0.15, -0.1) is 5.10 Å². The van der Waals surface area contributed by atoms with Crippen LogP contribution < -0.4 is 5.32 Å². The van der Waals surface area contributed by atoms with Gasteiger partial charge in [0.25, 0.3) is 0 Å². The van der Waals surface area contributed by atoms with Crippen LogP contribution in [0.15, 0.2) is 49.1 Å². The van der Waals surface area contributed by atoms with E-state index in [0.29, 0.717) is 6.54 Å². The normalized spacial score (nSPS) is 10.6. The highest BCUT2D eigenvalue weighted by Crippen LogP contribution is 2.08. The van der Waals surface area contributed by atoms with Crippen molar-refractivity contribution < 1.29 is 9.72 Å². The Kier molecular flexibility index (Phi) is 4.79. The van der Waals surface area contributed by atoms with Gasteiger partial charge in [0.05, 0.1) is 11.5 Å². The summed E-state index contributed by atoms with van der Waals surface area (Å²) in [4.78, 5) is 26.0. The summed E-state index contributed by atoms with van der Waals surface area (Å²) in [5.74, 6) is -0.0806. The Bertz CT molecular complexity index is 872. The predicted octanol–water partition coefficient (Wildman–Crippen LogP) is 1.46. The number of nitro groups is 1. The second kappa shape index (κ2) is 7.34. The first-order valence-corrected chi connectivity index (χ1v) is 7.50. The van der Waals surface area contributed by atoms with Crippen molar-refractivity contribution in [3.05, 3.63) is 64.7 Å². The maximum atomic E-state index is 11.9. The molecule has 0 saturated heterocycles. The van der Waals surface area contributed by atoms with Gasteiger partial charge < -0.3 is 0 Å². The molecule has 0 spiro atoms. The van der Waals surface area contributed by atoms with Crippen LogP contribution in [-0.2, 0) is 17.9 Å². The lowest BCUT2D eigenvalue weighted by Crippen LogP contribution is -2.16. The Morgan fingerprint density at radius 2 is 2.04 bits per heavy atom. The number of aryl methyl sites for hydroxylation is 1. The number of aromatic nitrogens is 5. The molecule has 3 rings (SSSR count). The predicted molar refractivity (Wildman–Crippen MR) is 87.7 cm³/mol. The molecule has 0 aliphatic carbocycles. The number of anilines is 1. The van der Waals surface area contributed by atoms with E-state index in [4.69, 9.17) is 0 Å². The fraction of sp³-hybridized carbons (Fsp3) is 0.200. The van der Waals surface area contributed by atoms with Gasteiger partial charge in [-0.25, -0.2) is 9.67 Å². The zero-order valence-corrected chi connectivity index (χ0v) is 13.1. The Labute approximate surface area is 142 Å². The summed E-state index contributed by atoms with van der Waals surface area (Å²) < 4.78 is 2.97. The first kappa shape index (κ1) is 16.3. The minimum Gasteiger partial charge on any atom is -0.293 e. The molecule has 25 heavy (non-hydrogen) atoms. The molecule has 0 fully saturated rings. The molecule has 0 radical (unpaired) electrons. The first-order chi connectivity index (χ1) is 12.1. The molecule has 0 aliphatic rings. The Morgan fingerprint density at radius 3 is 2.76 bits per heavy atom. The molecule has 0 bridgehead atoms. The highest BCUT2D eigenvalue weighted by Gasteiger charge is 2.11. The molecular weight excluding hydrogens is 326 g/mol. The van der Waals surface area contributed by atoms with E-state index in [-0.39, 0.29) is 30.5 Å². The van der Waals surface area contributed by atoms with Gasteiger partial charge in [0.1, 0.15) is 18.7 Å². The summed E-state index contributed by atoms with van der Waals surface area (Å²) in [7, 11) is 0. The van der Waals surface area contributed by atoms with E-state index in [9.17, 15) is 14.9 Å². The van der Waals surface area contributed by atoms with Gasteiger partial charge in [-0.3, -0.25) is 24.9 Å². The van der Waals surface area contributed by atoms with E-state index >= 15 is 0 Å². The number of carbonyl (C=O) groups excluding carboxylic acids is 1. The van der Waals surface area contributed by atoms with Gasteiger partial charge in [0.15, 0.2) is 0 Å². The summed E-state index contributed by atoms with van der Waals surface area (Å²) in [5.41, 5.74) is 0.965. The largest absolute Gasteiger partial charge is 0.306 e. The molecule has 0 saturated carbocycles. The van der Waals surface area contributed by atoms with E-state index < -0.39 is 4.92 Å². The standard InChI is InChI=1S/C15H15N7O3/c23-14(6-7-20-10-13(8-17-20)22(24)25)18-15-16-11-21(19-15)9-12-4-2-1-3-5-12/h1-5,8,10-11H,6-7,9H2,(H,18,19,23). The number of hydrogen-bond acceptors (Lipinski definition) is 6. The van der Waals surface area contributed by atoms with Crippen molar-refractivity contribution >= 4 is 17.5 Å². The third-order valence-corrected chi connectivity index (χ3v) is 3.37. The minimum absolute atomic E-state index is 0.103. The monoisotopic (exact) mass is 341 g/mol. The molecule has 0 unspecified atom stereocenters. The summed E-state index contributed by atoms with van der Waals surface area (Å²) in [6.45, 7) is 0.783. The number of carbonyl (C=O) groups is 1. The van der Waals surface area contributed by atoms with Crippen LogP contribution in [0.25, 0.3) is 0 Å². The molecule has 1 N–H and O–H groups in total.